The molecule has 0 amide bonds. The normalized spacial score (nSPS) is 11.9. The molecule has 0 aliphatic carbocycles. The quantitative estimate of drug-likeness (QED) is 0.304. The number of rotatable bonds is 7. The number of nitrogens with one attached hydrogen (secondary N) is 2. The number of nitrogen functional groups attached to an aromatic ring is 1. The molecule has 0 spiro atoms. The first-order chi connectivity index (χ1) is 9.90. The third-order valence-electron chi connectivity index (χ3n) is 2.90. The van der Waals surface area contributed by atoms with Gasteiger partial charge in [0.05, 0.1) is 12.0 Å². The van der Waals surface area contributed by atoms with Gasteiger partial charge >= 0.3 is 11.7 Å². The first-order valence-corrected chi connectivity index (χ1v) is 6.49. The largest absolute Gasteiger partial charge is 0.467 e. The predicted molar refractivity (Wildman–Crippen MR) is 79.8 cm³/mol. The van der Waals surface area contributed by atoms with E-state index in [0.717, 1.165) is 0 Å². The van der Waals surface area contributed by atoms with Crippen molar-refractivity contribution in [1.29, 1.82) is 0 Å². The molecule has 0 aliphatic rings. The van der Waals surface area contributed by atoms with Gasteiger partial charge in [-0.2, -0.15) is 0 Å². The second kappa shape index (κ2) is 7.44. The molecule has 21 heavy (non-hydrogen) atoms. The van der Waals surface area contributed by atoms with Gasteiger partial charge in [0.2, 0.25) is 0 Å². The van der Waals surface area contributed by atoms with Crippen molar-refractivity contribution in [1.82, 2.24) is 0 Å². The Balaban J connectivity index is 3.14. The maximum atomic E-state index is 11.8. The lowest BCUT2D eigenvalue weighted by molar-refractivity contribution is -0.383. The molecule has 1 atom stereocenters. The highest BCUT2D eigenvalue weighted by Crippen LogP contribution is 2.33. The fraction of sp³-hybridized carbons (Fsp3) is 0.462. The highest BCUT2D eigenvalue weighted by Gasteiger charge is 2.26. The molecule has 1 rings (SSSR count). The van der Waals surface area contributed by atoms with E-state index >= 15 is 0 Å². The predicted octanol–water partition coefficient (Wildman–Crippen LogP) is 1.88. The van der Waals surface area contributed by atoms with Crippen LogP contribution in [0.15, 0.2) is 18.2 Å². The van der Waals surface area contributed by atoms with Crippen LogP contribution in [0, 0.1) is 16.0 Å². The second-order valence-electron chi connectivity index (χ2n) is 4.95. The number of hydrogen-bond acceptors (Lipinski definition) is 7. The van der Waals surface area contributed by atoms with Crippen molar-refractivity contribution >= 4 is 23.0 Å². The highest BCUT2D eigenvalue weighted by molar-refractivity contribution is 5.83. The van der Waals surface area contributed by atoms with Crippen molar-refractivity contribution in [3.63, 3.8) is 0 Å². The molecule has 4 N–H and O–H groups in total. The van der Waals surface area contributed by atoms with Gasteiger partial charge in [0.1, 0.15) is 17.4 Å². The molecule has 8 nitrogen and oxygen atoms in total. The Morgan fingerprint density at radius 1 is 1.43 bits per heavy atom. The van der Waals surface area contributed by atoms with Crippen LogP contribution in [0.5, 0.6) is 0 Å². The number of benzene rings is 1. The van der Waals surface area contributed by atoms with Gasteiger partial charge in [-0.15, -0.1) is 0 Å². The molecule has 0 radical (unpaired) electrons. The number of carbonyl (C=O) groups excluding carboxylic acids is 1. The third kappa shape index (κ3) is 4.32. The summed E-state index contributed by atoms with van der Waals surface area (Å²) in [6, 6.07) is 3.95. The lowest BCUT2D eigenvalue weighted by Crippen LogP contribution is -2.32. The number of methoxy groups -OCH3 is 1. The minimum absolute atomic E-state index is 0.165. The van der Waals surface area contributed by atoms with Crippen molar-refractivity contribution < 1.29 is 14.5 Å². The molecule has 0 bridgehead atoms. The molecule has 1 unspecified atom stereocenters. The van der Waals surface area contributed by atoms with E-state index < -0.39 is 16.9 Å². The molecule has 0 aromatic heterocycles. The number of ether oxygens (including phenoxy) is 1. The molecular formula is C13H20N4O4. The number of esters is 1. The smallest absolute Gasteiger partial charge is 0.328 e. The summed E-state index contributed by atoms with van der Waals surface area (Å²) in [7, 11) is 1.28. The lowest BCUT2D eigenvalue weighted by Gasteiger charge is -2.19. The Bertz CT molecular complexity index is 519. The average Bonchev–Trinajstić information content (AvgIpc) is 2.44. The fourth-order valence-corrected chi connectivity index (χ4v) is 1.99. The number of nitro benzene ring substituents is 1. The SMILES string of the molecule is COC(=O)C(CC(C)C)Nc1cccc(NN)c1[N+](=O)[O-]. The zero-order valence-electron chi connectivity index (χ0n) is 12.3. The monoisotopic (exact) mass is 296 g/mol. The van der Waals surface area contributed by atoms with Crippen LogP contribution in [-0.4, -0.2) is 24.0 Å². The zero-order valence-corrected chi connectivity index (χ0v) is 12.3. The Labute approximate surface area is 122 Å². The Hall–Kier alpha value is -2.35. The van der Waals surface area contributed by atoms with Crippen molar-refractivity contribution in [2.45, 2.75) is 26.3 Å². The molecular weight excluding hydrogens is 276 g/mol. The van der Waals surface area contributed by atoms with Crippen LogP contribution < -0.4 is 16.6 Å². The molecule has 116 valence electrons. The van der Waals surface area contributed by atoms with E-state index in [0.29, 0.717) is 6.42 Å². The summed E-state index contributed by atoms with van der Waals surface area (Å²) < 4.78 is 4.73. The molecule has 1 aromatic rings. The zero-order chi connectivity index (χ0) is 16.0. The van der Waals surface area contributed by atoms with Crippen LogP contribution >= 0.6 is 0 Å². The minimum Gasteiger partial charge on any atom is -0.467 e. The molecule has 0 heterocycles. The minimum atomic E-state index is -0.665. The summed E-state index contributed by atoms with van der Waals surface area (Å²) >= 11 is 0. The first-order valence-electron chi connectivity index (χ1n) is 6.49. The van der Waals surface area contributed by atoms with Crippen LogP contribution in [0.4, 0.5) is 17.1 Å². The van der Waals surface area contributed by atoms with Crippen LogP contribution in [-0.2, 0) is 9.53 Å². The van der Waals surface area contributed by atoms with Crippen molar-refractivity contribution in [2.24, 2.45) is 11.8 Å². The molecule has 1 aromatic carbocycles. The van der Waals surface area contributed by atoms with E-state index in [1.54, 1.807) is 6.07 Å². The van der Waals surface area contributed by atoms with Crippen molar-refractivity contribution in [3.05, 3.63) is 28.3 Å². The van der Waals surface area contributed by atoms with Gasteiger partial charge in [0.15, 0.2) is 0 Å². The Kier molecular flexibility index (Phi) is 5.92. The molecule has 0 saturated carbocycles. The second-order valence-corrected chi connectivity index (χ2v) is 4.95. The maximum absolute atomic E-state index is 11.8. The van der Waals surface area contributed by atoms with Gasteiger partial charge in [-0.05, 0) is 24.5 Å². The van der Waals surface area contributed by atoms with Crippen LogP contribution in [0.1, 0.15) is 20.3 Å². The summed E-state index contributed by atoms with van der Waals surface area (Å²) in [6.07, 6.45) is 0.490. The number of anilines is 2. The summed E-state index contributed by atoms with van der Waals surface area (Å²) in [4.78, 5) is 22.4. The molecule has 0 fully saturated rings. The summed E-state index contributed by atoms with van der Waals surface area (Å²) in [5, 5.41) is 14.1. The van der Waals surface area contributed by atoms with Crippen LogP contribution in [0.2, 0.25) is 0 Å². The van der Waals surface area contributed by atoms with Gasteiger partial charge < -0.3 is 15.5 Å². The summed E-state index contributed by atoms with van der Waals surface area (Å²) in [5.74, 6) is 5.03. The van der Waals surface area contributed by atoms with E-state index in [1.165, 1.54) is 19.2 Å². The lowest BCUT2D eigenvalue weighted by atomic mass is 10.0. The number of nitrogens with two attached hydrogens (primary N) is 1. The highest BCUT2D eigenvalue weighted by atomic mass is 16.6. The molecule has 8 heteroatoms. The van der Waals surface area contributed by atoms with Crippen molar-refractivity contribution in [3.8, 4) is 0 Å². The van der Waals surface area contributed by atoms with Gasteiger partial charge in [0, 0.05) is 0 Å². The Morgan fingerprint density at radius 2 is 2.05 bits per heavy atom. The number of nitro groups is 1. The first kappa shape index (κ1) is 16.7. The Morgan fingerprint density at radius 3 is 2.52 bits per heavy atom. The number of nitrogens with zero attached hydrogens (tertiary/aromatic N) is 1. The molecule has 0 aliphatic heterocycles. The van der Waals surface area contributed by atoms with E-state index in [9.17, 15) is 14.9 Å². The third-order valence-corrected chi connectivity index (χ3v) is 2.90. The average molecular weight is 296 g/mol. The van der Waals surface area contributed by atoms with Crippen LogP contribution in [0.3, 0.4) is 0 Å². The summed E-state index contributed by atoms with van der Waals surface area (Å²) in [5.41, 5.74) is 2.45. The molecule has 0 saturated heterocycles. The topological polar surface area (TPSA) is 120 Å². The maximum Gasteiger partial charge on any atom is 0.328 e. The summed E-state index contributed by atoms with van der Waals surface area (Å²) in [6.45, 7) is 3.90. The van der Waals surface area contributed by atoms with E-state index in [-0.39, 0.29) is 23.0 Å². The fourth-order valence-electron chi connectivity index (χ4n) is 1.99. The van der Waals surface area contributed by atoms with Gasteiger partial charge in [0.25, 0.3) is 0 Å². The van der Waals surface area contributed by atoms with Crippen molar-refractivity contribution in [2.75, 3.05) is 17.9 Å². The van der Waals surface area contributed by atoms with E-state index in [4.69, 9.17) is 10.6 Å². The van der Waals surface area contributed by atoms with Gasteiger partial charge in [-0.25, -0.2) is 4.79 Å². The standard InChI is InChI=1S/C13H20N4O4/c1-8(2)7-11(13(18)21-3)15-9-5-4-6-10(16-14)12(9)17(19)20/h4-6,8,11,15-16H,7,14H2,1-3H3. The van der Waals surface area contributed by atoms with Gasteiger partial charge in [-0.1, -0.05) is 19.9 Å². The number of hydrogen-bond donors (Lipinski definition) is 3. The number of para-hydroxylation sites is 1. The number of hydrazine groups is 1. The van der Waals surface area contributed by atoms with Gasteiger partial charge in [-0.3, -0.25) is 16.0 Å². The van der Waals surface area contributed by atoms with E-state index in [1.807, 2.05) is 13.8 Å². The van der Waals surface area contributed by atoms with E-state index in [2.05, 4.69) is 10.7 Å². The van der Waals surface area contributed by atoms with Crippen LogP contribution in [0.25, 0.3) is 0 Å². The number of carbonyl (C=O) groups is 1.